The molecule has 3 heterocycles. The lowest BCUT2D eigenvalue weighted by Crippen LogP contribution is -2.13. The molecule has 0 aromatic carbocycles. The number of hydrogen-bond acceptors (Lipinski definition) is 3. The third-order valence-corrected chi connectivity index (χ3v) is 3.21. The molecule has 0 unspecified atom stereocenters. The van der Waals surface area contributed by atoms with Crippen LogP contribution in [-0.2, 0) is 11.2 Å². The molecule has 0 fully saturated rings. The fourth-order valence-electron chi connectivity index (χ4n) is 2.27. The zero-order valence-electron chi connectivity index (χ0n) is 11.1. The molecule has 3 aromatic rings. The summed E-state index contributed by atoms with van der Waals surface area (Å²) in [5, 5.41) is 0.927. The lowest BCUT2D eigenvalue weighted by molar-refractivity contribution is -0.117. The Morgan fingerprint density at radius 1 is 1.30 bits per heavy atom. The molecule has 0 spiro atoms. The zero-order valence-corrected chi connectivity index (χ0v) is 11.1. The van der Waals surface area contributed by atoms with Crippen molar-refractivity contribution in [1.29, 1.82) is 0 Å². The molecular formula is C15H14N4O. The first kappa shape index (κ1) is 12.3. The number of pyridine rings is 2. The zero-order chi connectivity index (χ0) is 14.1. The van der Waals surface area contributed by atoms with Gasteiger partial charge in [0.2, 0.25) is 5.91 Å². The first-order valence-electron chi connectivity index (χ1n) is 6.31. The van der Waals surface area contributed by atoms with Gasteiger partial charge in [-0.05, 0) is 36.2 Å². The summed E-state index contributed by atoms with van der Waals surface area (Å²) in [5.74, 6) is -0.351. The lowest BCUT2D eigenvalue weighted by atomic mass is 10.1. The number of aromatic nitrogens is 3. The summed E-state index contributed by atoms with van der Waals surface area (Å²) in [6.07, 6.45) is 5.57. The van der Waals surface area contributed by atoms with E-state index in [2.05, 4.69) is 15.0 Å². The number of carbonyl (C=O) groups is 1. The molecule has 0 radical (unpaired) electrons. The van der Waals surface area contributed by atoms with Crippen LogP contribution in [-0.4, -0.2) is 20.9 Å². The maximum Gasteiger partial charge on any atom is 0.221 e. The summed E-state index contributed by atoms with van der Waals surface area (Å²) in [6.45, 7) is 1.95. The number of amides is 1. The fraction of sp³-hybridized carbons (Fsp3) is 0.133. The van der Waals surface area contributed by atoms with Crippen molar-refractivity contribution in [3.05, 3.63) is 48.0 Å². The van der Waals surface area contributed by atoms with Crippen LogP contribution in [0.15, 0.2) is 36.8 Å². The fourth-order valence-corrected chi connectivity index (χ4v) is 2.27. The maximum absolute atomic E-state index is 11.1. The molecule has 3 aromatic heterocycles. The number of nitrogens with two attached hydrogens (primary N) is 1. The molecule has 0 bridgehead atoms. The summed E-state index contributed by atoms with van der Waals surface area (Å²) in [6, 6.07) is 5.96. The molecule has 20 heavy (non-hydrogen) atoms. The van der Waals surface area contributed by atoms with Gasteiger partial charge < -0.3 is 10.7 Å². The van der Waals surface area contributed by atoms with E-state index in [0.717, 1.165) is 33.4 Å². The van der Waals surface area contributed by atoms with Gasteiger partial charge in [0.05, 0.1) is 6.42 Å². The minimum absolute atomic E-state index is 0.209. The van der Waals surface area contributed by atoms with Crippen LogP contribution in [0, 0.1) is 6.92 Å². The van der Waals surface area contributed by atoms with E-state index in [1.54, 1.807) is 12.4 Å². The van der Waals surface area contributed by atoms with Crippen molar-refractivity contribution in [2.45, 2.75) is 13.3 Å². The van der Waals surface area contributed by atoms with E-state index < -0.39 is 0 Å². The SMILES string of the molecule is Cc1cc(-c2cnc3[nH]cc(CC(N)=O)c3c2)ccn1. The average Bonchev–Trinajstić information content (AvgIpc) is 2.80. The van der Waals surface area contributed by atoms with E-state index in [1.807, 2.05) is 31.3 Å². The number of primary amides is 1. The van der Waals surface area contributed by atoms with E-state index in [4.69, 9.17) is 5.73 Å². The van der Waals surface area contributed by atoms with Gasteiger partial charge in [0, 0.05) is 35.2 Å². The van der Waals surface area contributed by atoms with Crippen LogP contribution in [0.5, 0.6) is 0 Å². The number of rotatable bonds is 3. The number of aryl methyl sites for hydroxylation is 1. The summed E-state index contributed by atoms with van der Waals surface area (Å²) < 4.78 is 0. The van der Waals surface area contributed by atoms with Crippen LogP contribution in [0.2, 0.25) is 0 Å². The monoisotopic (exact) mass is 266 g/mol. The Hall–Kier alpha value is -2.69. The van der Waals surface area contributed by atoms with Crippen LogP contribution < -0.4 is 5.73 Å². The summed E-state index contributed by atoms with van der Waals surface area (Å²) in [5.41, 5.74) is 9.89. The highest BCUT2D eigenvalue weighted by Crippen LogP contribution is 2.25. The largest absolute Gasteiger partial charge is 0.369 e. The van der Waals surface area contributed by atoms with Crippen molar-refractivity contribution in [2.75, 3.05) is 0 Å². The van der Waals surface area contributed by atoms with Gasteiger partial charge in [-0.2, -0.15) is 0 Å². The van der Waals surface area contributed by atoms with Crippen LogP contribution in [0.4, 0.5) is 0 Å². The van der Waals surface area contributed by atoms with Crippen LogP contribution in [0.25, 0.3) is 22.2 Å². The number of aromatic amines is 1. The average molecular weight is 266 g/mol. The molecule has 100 valence electrons. The second-order valence-corrected chi connectivity index (χ2v) is 4.76. The van der Waals surface area contributed by atoms with Crippen molar-refractivity contribution >= 4 is 16.9 Å². The predicted octanol–water partition coefficient (Wildman–Crippen LogP) is 1.96. The Morgan fingerprint density at radius 2 is 2.15 bits per heavy atom. The molecule has 0 aliphatic heterocycles. The maximum atomic E-state index is 11.1. The van der Waals surface area contributed by atoms with Gasteiger partial charge in [0.1, 0.15) is 5.65 Å². The highest BCUT2D eigenvalue weighted by atomic mass is 16.1. The molecule has 3 N–H and O–H groups in total. The van der Waals surface area contributed by atoms with Crippen LogP contribution in [0.1, 0.15) is 11.3 Å². The Labute approximate surface area is 115 Å². The third kappa shape index (κ3) is 2.25. The van der Waals surface area contributed by atoms with Gasteiger partial charge in [-0.25, -0.2) is 4.98 Å². The van der Waals surface area contributed by atoms with Gasteiger partial charge in [0.15, 0.2) is 0 Å². The van der Waals surface area contributed by atoms with Gasteiger partial charge in [0.25, 0.3) is 0 Å². The third-order valence-electron chi connectivity index (χ3n) is 3.21. The molecule has 5 nitrogen and oxygen atoms in total. The first-order valence-corrected chi connectivity index (χ1v) is 6.31. The molecule has 0 atom stereocenters. The summed E-state index contributed by atoms with van der Waals surface area (Å²) in [7, 11) is 0. The minimum Gasteiger partial charge on any atom is -0.369 e. The van der Waals surface area contributed by atoms with Crippen molar-refractivity contribution in [2.24, 2.45) is 5.73 Å². The first-order chi connectivity index (χ1) is 9.63. The molecule has 5 heteroatoms. The molecule has 3 rings (SSSR count). The molecule has 0 saturated heterocycles. The molecule has 0 aliphatic rings. The van der Waals surface area contributed by atoms with Crippen molar-refractivity contribution in [1.82, 2.24) is 15.0 Å². The van der Waals surface area contributed by atoms with Gasteiger partial charge >= 0.3 is 0 Å². The Morgan fingerprint density at radius 3 is 2.90 bits per heavy atom. The van der Waals surface area contributed by atoms with Gasteiger partial charge in [-0.15, -0.1) is 0 Å². The number of carbonyl (C=O) groups excluding carboxylic acids is 1. The molecule has 0 aliphatic carbocycles. The quantitative estimate of drug-likeness (QED) is 0.760. The minimum atomic E-state index is -0.351. The van der Waals surface area contributed by atoms with E-state index in [0.29, 0.717) is 0 Å². The predicted molar refractivity (Wildman–Crippen MR) is 77.0 cm³/mol. The van der Waals surface area contributed by atoms with E-state index in [9.17, 15) is 4.79 Å². The van der Waals surface area contributed by atoms with E-state index in [-0.39, 0.29) is 12.3 Å². The lowest BCUT2D eigenvalue weighted by Gasteiger charge is -2.03. The van der Waals surface area contributed by atoms with E-state index >= 15 is 0 Å². The Bertz CT molecular complexity index is 791. The van der Waals surface area contributed by atoms with Crippen LogP contribution >= 0.6 is 0 Å². The highest BCUT2D eigenvalue weighted by Gasteiger charge is 2.09. The van der Waals surface area contributed by atoms with E-state index in [1.165, 1.54) is 0 Å². The summed E-state index contributed by atoms with van der Waals surface area (Å²) >= 11 is 0. The Balaban J connectivity index is 2.11. The highest BCUT2D eigenvalue weighted by molar-refractivity contribution is 5.89. The van der Waals surface area contributed by atoms with Crippen LogP contribution in [0.3, 0.4) is 0 Å². The molecule has 1 amide bonds. The number of nitrogens with one attached hydrogen (secondary N) is 1. The van der Waals surface area contributed by atoms with Crippen molar-refractivity contribution in [3.63, 3.8) is 0 Å². The van der Waals surface area contributed by atoms with Crippen molar-refractivity contribution < 1.29 is 4.79 Å². The smallest absolute Gasteiger partial charge is 0.221 e. The topological polar surface area (TPSA) is 84.7 Å². The number of H-pyrrole nitrogens is 1. The number of fused-ring (bicyclic) bond motifs is 1. The molecular weight excluding hydrogens is 252 g/mol. The van der Waals surface area contributed by atoms with Gasteiger partial charge in [-0.3, -0.25) is 9.78 Å². The molecule has 0 saturated carbocycles. The number of nitrogens with zero attached hydrogens (tertiary/aromatic N) is 2. The standard InChI is InChI=1S/C15H14N4O/c1-9-4-10(2-3-17-9)11-5-13-12(6-14(16)20)8-19-15(13)18-7-11/h2-5,7-8H,6H2,1H3,(H2,16,20)(H,18,19). The Kier molecular flexibility index (Phi) is 2.95. The second-order valence-electron chi connectivity index (χ2n) is 4.76. The van der Waals surface area contributed by atoms with Gasteiger partial charge in [-0.1, -0.05) is 0 Å². The number of hydrogen-bond donors (Lipinski definition) is 2. The summed E-state index contributed by atoms with van der Waals surface area (Å²) in [4.78, 5) is 22.7. The normalized spacial score (nSPS) is 10.8. The van der Waals surface area contributed by atoms with Crippen molar-refractivity contribution in [3.8, 4) is 11.1 Å². The second kappa shape index (κ2) is 4.77.